The average molecular weight is 303 g/mol. The minimum atomic E-state index is -0.907. The van der Waals surface area contributed by atoms with Gasteiger partial charge < -0.3 is 10.0 Å². The molecule has 2 rings (SSSR count). The van der Waals surface area contributed by atoms with Crippen LogP contribution < -0.4 is 4.90 Å². The van der Waals surface area contributed by atoms with Crippen LogP contribution in [0.1, 0.15) is 17.5 Å². The number of amides is 1. The number of nitrogens with zero attached hydrogens (tertiary/aromatic N) is 1. The Balaban J connectivity index is 2.16. The van der Waals surface area contributed by atoms with E-state index in [0.29, 0.717) is 0 Å². The summed E-state index contributed by atoms with van der Waals surface area (Å²) < 4.78 is 0. The van der Waals surface area contributed by atoms with Gasteiger partial charge in [0.05, 0.1) is 12.8 Å². The van der Waals surface area contributed by atoms with Crippen LogP contribution in [0.4, 0.5) is 5.69 Å². The fourth-order valence-corrected chi connectivity index (χ4v) is 2.66. The Kier molecular flexibility index (Phi) is 5.11. The van der Waals surface area contributed by atoms with Gasteiger partial charge >= 0.3 is 5.97 Å². The zero-order valence-corrected chi connectivity index (χ0v) is 12.6. The van der Waals surface area contributed by atoms with Crippen molar-refractivity contribution in [3.8, 4) is 0 Å². The van der Waals surface area contributed by atoms with E-state index < -0.39 is 5.97 Å². The van der Waals surface area contributed by atoms with Crippen molar-refractivity contribution in [3.63, 3.8) is 0 Å². The highest BCUT2D eigenvalue weighted by Crippen LogP contribution is 2.18. The molecule has 0 aliphatic rings. The summed E-state index contributed by atoms with van der Waals surface area (Å²) in [5, 5.41) is 12.7. The van der Waals surface area contributed by atoms with Gasteiger partial charge in [-0.05, 0) is 41.4 Å². The standard InChI is InChI=1S/C16H17NO3S/c1-12-2-4-14(5-3-12)17(8-6-16(19)20)15(18)10-13-7-9-21-11-13/h2-5,7,9,11H,6,8,10H2,1H3,(H,19,20). The quantitative estimate of drug-likeness (QED) is 0.892. The highest BCUT2D eigenvalue weighted by Gasteiger charge is 2.17. The normalized spacial score (nSPS) is 10.3. The summed E-state index contributed by atoms with van der Waals surface area (Å²) in [6, 6.07) is 9.44. The van der Waals surface area contributed by atoms with Gasteiger partial charge in [0.1, 0.15) is 0 Å². The zero-order valence-electron chi connectivity index (χ0n) is 11.8. The first-order valence-corrected chi connectivity index (χ1v) is 7.60. The second-order valence-corrected chi connectivity index (χ2v) is 5.61. The summed E-state index contributed by atoms with van der Waals surface area (Å²) in [5.41, 5.74) is 2.79. The largest absolute Gasteiger partial charge is 0.481 e. The number of rotatable bonds is 6. The number of carbonyl (C=O) groups excluding carboxylic acids is 1. The maximum Gasteiger partial charge on any atom is 0.305 e. The lowest BCUT2D eigenvalue weighted by atomic mass is 10.1. The van der Waals surface area contributed by atoms with Crippen LogP contribution in [0.2, 0.25) is 0 Å². The van der Waals surface area contributed by atoms with E-state index >= 15 is 0 Å². The second kappa shape index (κ2) is 7.04. The summed E-state index contributed by atoms with van der Waals surface area (Å²) in [4.78, 5) is 24.8. The van der Waals surface area contributed by atoms with Crippen LogP contribution in [-0.2, 0) is 16.0 Å². The van der Waals surface area contributed by atoms with E-state index in [9.17, 15) is 9.59 Å². The molecule has 0 fully saturated rings. The smallest absolute Gasteiger partial charge is 0.305 e. The molecule has 5 heteroatoms. The number of hydrogen-bond donors (Lipinski definition) is 1. The number of carboxylic acids is 1. The predicted molar refractivity (Wildman–Crippen MR) is 83.8 cm³/mol. The number of carboxylic acid groups (broad SMARTS) is 1. The van der Waals surface area contributed by atoms with E-state index in [-0.39, 0.29) is 25.3 Å². The van der Waals surface area contributed by atoms with Gasteiger partial charge in [-0.1, -0.05) is 17.7 Å². The molecule has 0 bridgehead atoms. The van der Waals surface area contributed by atoms with E-state index in [4.69, 9.17) is 5.11 Å². The molecule has 21 heavy (non-hydrogen) atoms. The van der Waals surface area contributed by atoms with Crippen LogP contribution in [0, 0.1) is 6.92 Å². The lowest BCUT2D eigenvalue weighted by Crippen LogP contribution is -2.34. The van der Waals surface area contributed by atoms with Crippen molar-refractivity contribution in [2.24, 2.45) is 0 Å². The fourth-order valence-electron chi connectivity index (χ4n) is 1.99. The lowest BCUT2D eigenvalue weighted by molar-refractivity contribution is -0.136. The van der Waals surface area contributed by atoms with Crippen LogP contribution in [0.3, 0.4) is 0 Å². The molecule has 1 heterocycles. The molecule has 0 spiro atoms. The number of anilines is 1. The molecular formula is C16H17NO3S. The number of carbonyl (C=O) groups is 2. The molecule has 0 saturated heterocycles. The summed E-state index contributed by atoms with van der Waals surface area (Å²) in [5.74, 6) is -0.992. The van der Waals surface area contributed by atoms with Gasteiger partial charge in [0.25, 0.3) is 0 Å². The molecule has 1 aromatic carbocycles. The van der Waals surface area contributed by atoms with Crippen LogP contribution >= 0.6 is 11.3 Å². The van der Waals surface area contributed by atoms with Crippen molar-refractivity contribution in [3.05, 3.63) is 52.2 Å². The maximum absolute atomic E-state index is 12.4. The van der Waals surface area contributed by atoms with Crippen molar-refractivity contribution in [2.45, 2.75) is 19.8 Å². The van der Waals surface area contributed by atoms with Crippen LogP contribution in [-0.4, -0.2) is 23.5 Å². The number of aryl methyl sites for hydroxylation is 1. The minimum absolute atomic E-state index is 0.0662. The summed E-state index contributed by atoms with van der Waals surface area (Å²) in [6.45, 7) is 2.15. The molecule has 110 valence electrons. The molecular weight excluding hydrogens is 286 g/mol. The van der Waals surface area contributed by atoms with Crippen molar-refractivity contribution >= 4 is 28.9 Å². The zero-order chi connectivity index (χ0) is 15.2. The van der Waals surface area contributed by atoms with Crippen molar-refractivity contribution in [1.82, 2.24) is 0 Å². The maximum atomic E-state index is 12.4. The molecule has 0 atom stereocenters. The molecule has 0 aliphatic carbocycles. The molecule has 0 saturated carbocycles. The Labute approximate surface area is 127 Å². The van der Waals surface area contributed by atoms with Gasteiger partial charge in [-0.15, -0.1) is 0 Å². The first-order chi connectivity index (χ1) is 10.1. The predicted octanol–water partition coefficient (Wildman–Crippen LogP) is 3.11. The Bertz CT molecular complexity index is 605. The van der Waals surface area contributed by atoms with Crippen molar-refractivity contribution in [1.29, 1.82) is 0 Å². The lowest BCUT2D eigenvalue weighted by Gasteiger charge is -2.22. The number of aliphatic carboxylic acids is 1. The number of hydrogen-bond acceptors (Lipinski definition) is 3. The van der Waals surface area contributed by atoms with E-state index in [1.165, 1.54) is 0 Å². The molecule has 4 nitrogen and oxygen atoms in total. The van der Waals surface area contributed by atoms with Gasteiger partial charge in [0, 0.05) is 12.2 Å². The van der Waals surface area contributed by atoms with E-state index in [1.807, 2.05) is 48.0 Å². The Morgan fingerprint density at radius 3 is 2.48 bits per heavy atom. The van der Waals surface area contributed by atoms with E-state index in [1.54, 1.807) is 16.2 Å². The fraction of sp³-hybridized carbons (Fsp3) is 0.250. The molecule has 0 unspecified atom stereocenters. The first kappa shape index (κ1) is 15.3. The Morgan fingerprint density at radius 2 is 1.90 bits per heavy atom. The average Bonchev–Trinajstić information content (AvgIpc) is 2.93. The van der Waals surface area contributed by atoms with Gasteiger partial charge in [-0.25, -0.2) is 0 Å². The highest BCUT2D eigenvalue weighted by molar-refractivity contribution is 7.08. The SMILES string of the molecule is Cc1ccc(N(CCC(=O)O)C(=O)Cc2ccsc2)cc1. The molecule has 2 aromatic rings. The molecule has 0 aliphatic heterocycles. The first-order valence-electron chi connectivity index (χ1n) is 6.66. The van der Waals surface area contributed by atoms with Gasteiger partial charge in [-0.2, -0.15) is 11.3 Å². The Hall–Kier alpha value is -2.14. The van der Waals surface area contributed by atoms with E-state index in [0.717, 1.165) is 16.8 Å². The van der Waals surface area contributed by atoms with E-state index in [2.05, 4.69) is 0 Å². The second-order valence-electron chi connectivity index (χ2n) is 4.83. The van der Waals surface area contributed by atoms with Crippen LogP contribution in [0.5, 0.6) is 0 Å². The monoisotopic (exact) mass is 303 g/mol. The minimum Gasteiger partial charge on any atom is -0.481 e. The third-order valence-corrected chi connectivity index (χ3v) is 3.86. The topological polar surface area (TPSA) is 57.6 Å². The van der Waals surface area contributed by atoms with Gasteiger partial charge in [0.15, 0.2) is 0 Å². The van der Waals surface area contributed by atoms with Crippen molar-refractivity contribution in [2.75, 3.05) is 11.4 Å². The third kappa shape index (κ3) is 4.43. The van der Waals surface area contributed by atoms with Crippen LogP contribution in [0.25, 0.3) is 0 Å². The molecule has 1 amide bonds. The highest BCUT2D eigenvalue weighted by atomic mass is 32.1. The summed E-state index contributed by atoms with van der Waals surface area (Å²) >= 11 is 1.54. The summed E-state index contributed by atoms with van der Waals surface area (Å²) in [6.07, 6.45) is 0.222. The molecule has 1 N–H and O–H groups in total. The number of benzene rings is 1. The summed E-state index contributed by atoms with van der Waals surface area (Å²) in [7, 11) is 0. The third-order valence-electron chi connectivity index (χ3n) is 3.13. The van der Waals surface area contributed by atoms with Gasteiger partial charge in [-0.3, -0.25) is 9.59 Å². The van der Waals surface area contributed by atoms with Gasteiger partial charge in [0.2, 0.25) is 5.91 Å². The van der Waals surface area contributed by atoms with Crippen LogP contribution in [0.15, 0.2) is 41.1 Å². The Morgan fingerprint density at radius 1 is 1.19 bits per heavy atom. The van der Waals surface area contributed by atoms with Crippen molar-refractivity contribution < 1.29 is 14.7 Å². The molecule has 1 aromatic heterocycles. The number of thiophene rings is 1. The molecule has 0 radical (unpaired) electrons.